The predicted octanol–water partition coefficient (Wildman–Crippen LogP) is 3.44. The van der Waals surface area contributed by atoms with Gasteiger partial charge in [0.2, 0.25) is 11.8 Å². The van der Waals surface area contributed by atoms with E-state index < -0.39 is 5.91 Å². The van der Waals surface area contributed by atoms with Crippen molar-refractivity contribution in [3.8, 4) is 10.8 Å². The van der Waals surface area contributed by atoms with Crippen LogP contribution in [0.25, 0.3) is 10.8 Å². The number of nitrogens with one attached hydrogen (secondary N) is 1. The highest BCUT2D eigenvalue weighted by Crippen LogP contribution is 2.26. The van der Waals surface area contributed by atoms with Crippen molar-refractivity contribution >= 4 is 40.4 Å². The first kappa shape index (κ1) is 20.4. The molecule has 0 bridgehead atoms. The van der Waals surface area contributed by atoms with Crippen LogP contribution in [0.5, 0.6) is 0 Å². The molecular formula is C21H21ClN4O3S. The molecule has 0 aliphatic carbocycles. The van der Waals surface area contributed by atoms with E-state index in [0.29, 0.717) is 29.8 Å². The summed E-state index contributed by atoms with van der Waals surface area (Å²) in [7, 11) is 0. The minimum absolute atomic E-state index is 0.0690. The molecule has 1 N–H and O–H groups in total. The van der Waals surface area contributed by atoms with Crippen molar-refractivity contribution in [1.29, 1.82) is 0 Å². The summed E-state index contributed by atoms with van der Waals surface area (Å²) in [6.45, 7) is 4.28. The van der Waals surface area contributed by atoms with Crippen molar-refractivity contribution in [2.24, 2.45) is 0 Å². The van der Waals surface area contributed by atoms with Crippen molar-refractivity contribution in [3.63, 3.8) is 0 Å². The Morgan fingerprint density at radius 1 is 1.17 bits per heavy atom. The van der Waals surface area contributed by atoms with Gasteiger partial charge in [-0.25, -0.2) is 4.98 Å². The van der Waals surface area contributed by atoms with Crippen molar-refractivity contribution in [2.75, 3.05) is 37.6 Å². The third kappa shape index (κ3) is 4.49. The maximum atomic E-state index is 12.5. The number of hydrogen-bond donors (Lipinski definition) is 1. The molecule has 0 unspecified atom stereocenters. The van der Waals surface area contributed by atoms with Crippen LogP contribution >= 0.6 is 22.9 Å². The number of oxazole rings is 1. The lowest BCUT2D eigenvalue weighted by Gasteiger charge is -2.36. The Kier molecular flexibility index (Phi) is 6.06. The largest absolute Gasteiger partial charge is 0.440 e. The third-order valence-electron chi connectivity index (χ3n) is 4.97. The summed E-state index contributed by atoms with van der Waals surface area (Å²) < 4.78 is 5.59. The molecule has 7 nitrogen and oxygen atoms in total. The molecule has 1 aliphatic heterocycles. The van der Waals surface area contributed by atoms with E-state index >= 15 is 0 Å². The van der Waals surface area contributed by atoms with Crippen molar-refractivity contribution < 1.29 is 14.0 Å². The number of nitrogens with zero attached hydrogens (tertiary/aromatic N) is 3. The van der Waals surface area contributed by atoms with E-state index in [4.69, 9.17) is 16.0 Å². The minimum Gasteiger partial charge on any atom is -0.440 e. The summed E-state index contributed by atoms with van der Waals surface area (Å²) in [5.41, 5.74) is 1.29. The van der Waals surface area contributed by atoms with Gasteiger partial charge in [-0.15, -0.1) is 11.3 Å². The number of carbonyl (C=O) groups is 2. The van der Waals surface area contributed by atoms with Crippen LogP contribution in [0.2, 0.25) is 5.02 Å². The zero-order valence-electron chi connectivity index (χ0n) is 16.4. The van der Waals surface area contributed by atoms with Gasteiger partial charge >= 0.3 is 0 Å². The first-order valence-corrected chi connectivity index (χ1v) is 10.8. The van der Waals surface area contributed by atoms with E-state index in [-0.39, 0.29) is 18.1 Å². The fourth-order valence-electron chi connectivity index (χ4n) is 3.33. The fraction of sp³-hybridized carbons (Fsp3) is 0.286. The van der Waals surface area contributed by atoms with Crippen LogP contribution < -0.4 is 10.2 Å². The number of thiophene rings is 1. The summed E-state index contributed by atoms with van der Waals surface area (Å²) >= 11 is 7.43. The van der Waals surface area contributed by atoms with E-state index in [0.717, 1.165) is 23.7 Å². The van der Waals surface area contributed by atoms with Gasteiger partial charge in [-0.3, -0.25) is 9.59 Å². The zero-order valence-corrected chi connectivity index (χ0v) is 18.0. The molecule has 1 fully saturated rings. The van der Waals surface area contributed by atoms with Crippen LogP contribution in [0, 0.1) is 6.92 Å². The van der Waals surface area contributed by atoms with Crippen LogP contribution in [0.1, 0.15) is 16.2 Å². The molecule has 1 saturated heterocycles. The van der Waals surface area contributed by atoms with Gasteiger partial charge in [-0.2, -0.15) is 0 Å². The van der Waals surface area contributed by atoms with Crippen LogP contribution in [-0.2, 0) is 4.79 Å². The summed E-state index contributed by atoms with van der Waals surface area (Å²) in [5.74, 6) is 0.322. The molecule has 30 heavy (non-hydrogen) atoms. The highest BCUT2D eigenvalue weighted by molar-refractivity contribution is 7.13. The molecule has 0 atom stereocenters. The van der Waals surface area contributed by atoms with Crippen LogP contribution in [0.15, 0.2) is 46.2 Å². The SMILES string of the molecule is Cc1oc(-c2cccs2)nc1C(=O)NCC(=O)N1CCN(c2ccc(Cl)cc2)CC1. The molecule has 2 aromatic heterocycles. The number of aromatic nitrogens is 1. The van der Waals surface area contributed by atoms with Gasteiger partial charge in [0.25, 0.3) is 5.91 Å². The van der Waals surface area contributed by atoms with Gasteiger partial charge < -0.3 is 19.5 Å². The first-order valence-electron chi connectivity index (χ1n) is 9.59. The van der Waals surface area contributed by atoms with Crippen LogP contribution in [0.3, 0.4) is 0 Å². The lowest BCUT2D eigenvalue weighted by Crippen LogP contribution is -2.51. The molecule has 0 radical (unpaired) electrons. The number of hydrogen-bond acceptors (Lipinski definition) is 6. The van der Waals surface area contributed by atoms with Gasteiger partial charge in [-0.05, 0) is 42.6 Å². The van der Waals surface area contributed by atoms with Gasteiger partial charge in [-0.1, -0.05) is 17.7 Å². The molecule has 2 amide bonds. The van der Waals surface area contributed by atoms with Crippen LogP contribution in [-0.4, -0.2) is 54.4 Å². The highest BCUT2D eigenvalue weighted by Gasteiger charge is 2.23. The average molecular weight is 445 g/mol. The lowest BCUT2D eigenvalue weighted by molar-refractivity contribution is -0.130. The Hall–Kier alpha value is -2.84. The molecule has 0 spiro atoms. The smallest absolute Gasteiger partial charge is 0.273 e. The maximum absolute atomic E-state index is 12.5. The molecule has 1 aliphatic rings. The van der Waals surface area contributed by atoms with E-state index in [1.54, 1.807) is 11.8 Å². The van der Waals surface area contributed by atoms with Gasteiger partial charge in [0.15, 0.2) is 5.69 Å². The van der Waals surface area contributed by atoms with E-state index in [2.05, 4.69) is 15.2 Å². The second-order valence-electron chi connectivity index (χ2n) is 6.93. The fourth-order valence-corrected chi connectivity index (χ4v) is 4.11. The molecular weight excluding hydrogens is 424 g/mol. The second kappa shape index (κ2) is 8.89. The van der Waals surface area contributed by atoms with E-state index in [1.165, 1.54) is 11.3 Å². The van der Waals surface area contributed by atoms with Crippen molar-refractivity contribution in [3.05, 3.63) is 58.3 Å². The molecule has 3 heterocycles. The molecule has 0 saturated carbocycles. The van der Waals surface area contributed by atoms with Crippen molar-refractivity contribution in [1.82, 2.24) is 15.2 Å². The number of piperazine rings is 1. The average Bonchev–Trinajstić information content (AvgIpc) is 3.42. The Bertz CT molecular complexity index is 1030. The standard InChI is InChI=1S/C21H21ClN4O3S/c1-14-19(24-21(29-14)17-3-2-12-30-17)20(28)23-13-18(27)26-10-8-25(9-11-26)16-6-4-15(22)5-7-16/h2-7,12H,8-11,13H2,1H3,(H,23,28). The number of benzene rings is 1. The molecule has 156 valence electrons. The number of rotatable bonds is 5. The number of halogens is 1. The van der Waals surface area contributed by atoms with E-state index in [9.17, 15) is 9.59 Å². The first-order chi connectivity index (χ1) is 14.5. The summed E-state index contributed by atoms with van der Waals surface area (Å²) in [6, 6.07) is 11.4. The summed E-state index contributed by atoms with van der Waals surface area (Å²) in [4.78, 5) is 34.1. The quantitative estimate of drug-likeness (QED) is 0.652. The number of carbonyl (C=O) groups excluding carboxylic acids is 2. The predicted molar refractivity (Wildman–Crippen MR) is 117 cm³/mol. The molecule has 9 heteroatoms. The Morgan fingerprint density at radius 3 is 2.57 bits per heavy atom. The van der Waals surface area contributed by atoms with Crippen molar-refractivity contribution in [2.45, 2.75) is 6.92 Å². The number of aryl methyl sites for hydroxylation is 1. The summed E-state index contributed by atoms with van der Waals surface area (Å²) in [5, 5.41) is 5.29. The Labute approximate surface area is 183 Å². The Balaban J connectivity index is 1.29. The topological polar surface area (TPSA) is 78.7 Å². The lowest BCUT2D eigenvalue weighted by atomic mass is 10.2. The minimum atomic E-state index is -0.410. The summed E-state index contributed by atoms with van der Waals surface area (Å²) in [6.07, 6.45) is 0. The van der Waals surface area contributed by atoms with Crippen LogP contribution in [0.4, 0.5) is 5.69 Å². The normalized spacial score (nSPS) is 14.1. The number of amides is 2. The molecule has 1 aromatic carbocycles. The second-order valence-corrected chi connectivity index (χ2v) is 8.31. The van der Waals surface area contributed by atoms with E-state index in [1.807, 2.05) is 41.8 Å². The van der Waals surface area contributed by atoms with Gasteiger partial charge in [0.1, 0.15) is 5.76 Å². The maximum Gasteiger partial charge on any atom is 0.273 e. The Morgan fingerprint density at radius 2 is 1.90 bits per heavy atom. The third-order valence-corrected chi connectivity index (χ3v) is 6.08. The monoisotopic (exact) mass is 444 g/mol. The zero-order chi connectivity index (χ0) is 21.1. The van der Waals surface area contributed by atoms with Gasteiger partial charge in [0.05, 0.1) is 11.4 Å². The molecule has 4 rings (SSSR count). The molecule has 3 aromatic rings. The van der Waals surface area contributed by atoms with Gasteiger partial charge in [0, 0.05) is 36.9 Å². The number of anilines is 1. The highest BCUT2D eigenvalue weighted by atomic mass is 35.5.